The second-order valence-corrected chi connectivity index (χ2v) is 7.01. The molecule has 0 saturated heterocycles. The minimum Gasteiger partial charge on any atom is -0.507 e. The van der Waals surface area contributed by atoms with Crippen molar-refractivity contribution in [1.29, 1.82) is 0 Å². The zero-order chi connectivity index (χ0) is 19.5. The number of nitrogen functional groups attached to an aromatic ring is 2. The van der Waals surface area contributed by atoms with Crippen LogP contribution in [0, 0.1) is 0 Å². The van der Waals surface area contributed by atoms with Crippen molar-refractivity contribution in [2.24, 2.45) is 0 Å². The lowest BCUT2D eigenvalue weighted by Gasteiger charge is -2.23. The van der Waals surface area contributed by atoms with Gasteiger partial charge < -0.3 is 21.9 Å². The van der Waals surface area contributed by atoms with Gasteiger partial charge in [0.15, 0.2) is 0 Å². The largest absolute Gasteiger partial charge is 0.507 e. The number of benzene rings is 1. The fourth-order valence-corrected chi connectivity index (χ4v) is 3.57. The van der Waals surface area contributed by atoms with E-state index in [1.165, 1.54) is 19.3 Å². The predicted molar refractivity (Wildman–Crippen MR) is 109 cm³/mol. The van der Waals surface area contributed by atoms with E-state index in [-0.39, 0.29) is 17.6 Å². The Kier molecular flexibility index (Phi) is 4.92. The molecule has 0 aliphatic heterocycles. The van der Waals surface area contributed by atoms with Crippen molar-refractivity contribution < 1.29 is 5.11 Å². The fraction of sp³-hybridized carbons (Fsp3) is 0.300. The van der Waals surface area contributed by atoms with Crippen molar-refractivity contribution in [3.05, 3.63) is 36.5 Å². The van der Waals surface area contributed by atoms with Gasteiger partial charge in [0, 0.05) is 29.4 Å². The molecule has 0 amide bonds. The summed E-state index contributed by atoms with van der Waals surface area (Å²) in [4.78, 5) is 16.8. The summed E-state index contributed by atoms with van der Waals surface area (Å²) in [5.41, 5.74) is 14.2. The van der Waals surface area contributed by atoms with Gasteiger partial charge in [-0.1, -0.05) is 19.3 Å². The monoisotopic (exact) mass is 377 g/mol. The standard InChI is InChI=1S/C20H23N7O/c21-19-23-9-8-15(25-19)12-6-7-17(28)14(10-12)16-11-18(27-20(22)26-16)24-13-4-2-1-3-5-13/h6-11,13,28H,1-5H2,(H2,21,23,25)(H3,22,24,26,27). The topological polar surface area (TPSA) is 136 Å². The first-order valence-corrected chi connectivity index (χ1v) is 9.42. The van der Waals surface area contributed by atoms with Crippen molar-refractivity contribution in [1.82, 2.24) is 19.9 Å². The molecule has 1 fully saturated rings. The Bertz CT molecular complexity index is 986. The molecule has 1 saturated carbocycles. The van der Waals surface area contributed by atoms with E-state index in [2.05, 4.69) is 25.3 Å². The minimum atomic E-state index is 0.104. The van der Waals surface area contributed by atoms with Gasteiger partial charge >= 0.3 is 0 Å². The number of aromatic nitrogens is 4. The Morgan fingerprint density at radius 2 is 1.68 bits per heavy atom. The van der Waals surface area contributed by atoms with Gasteiger partial charge in [-0.25, -0.2) is 15.0 Å². The normalized spacial score (nSPS) is 14.7. The molecule has 0 unspecified atom stereocenters. The molecule has 0 bridgehead atoms. The van der Waals surface area contributed by atoms with Crippen LogP contribution >= 0.6 is 0 Å². The Hall–Kier alpha value is -3.42. The third-order valence-corrected chi connectivity index (χ3v) is 4.94. The SMILES string of the molecule is Nc1nccc(-c2ccc(O)c(-c3cc(NC4CCCCC4)nc(N)n3)c2)n1. The van der Waals surface area contributed by atoms with Crippen LogP contribution in [0.1, 0.15) is 32.1 Å². The molecule has 6 N–H and O–H groups in total. The van der Waals surface area contributed by atoms with Crippen LogP contribution in [0.15, 0.2) is 36.5 Å². The predicted octanol–water partition coefficient (Wildman–Crippen LogP) is 3.22. The molecule has 4 rings (SSSR count). The molecule has 8 nitrogen and oxygen atoms in total. The molecule has 0 atom stereocenters. The van der Waals surface area contributed by atoms with E-state index in [4.69, 9.17) is 11.5 Å². The third-order valence-electron chi connectivity index (χ3n) is 4.94. The number of phenolic OH excluding ortho intramolecular Hbond substituents is 1. The number of aromatic hydroxyl groups is 1. The van der Waals surface area contributed by atoms with Crippen LogP contribution in [0.2, 0.25) is 0 Å². The lowest BCUT2D eigenvalue weighted by Crippen LogP contribution is -2.23. The average molecular weight is 377 g/mol. The average Bonchev–Trinajstić information content (AvgIpc) is 2.68. The van der Waals surface area contributed by atoms with Gasteiger partial charge in [0.05, 0.1) is 11.4 Å². The summed E-state index contributed by atoms with van der Waals surface area (Å²) in [5, 5.41) is 13.9. The molecule has 2 aromatic heterocycles. The number of hydrogen-bond acceptors (Lipinski definition) is 8. The molecular weight excluding hydrogens is 354 g/mol. The van der Waals surface area contributed by atoms with Crippen LogP contribution in [-0.4, -0.2) is 31.1 Å². The fourth-order valence-electron chi connectivity index (χ4n) is 3.57. The highest BCUT2D eigenvalue weighted by Gasteiger charge is 2.16. The van der Waals surface area contributed by atoms with Gasteiger partial charge in [0.25, 0.3) is 0 Å². The quantitative estimate of drug-likeness (QED) is 0.544. The third kappa shape index (κ3) is 3.95. The molecular formula is C20H23N7O. The van der Waals surface area contributed by atoms with Crippen LogP contribution in [0.25, 0.3) is 22.5 Å². The van der Waals surface area contributed by atoms with Crippen molar-refractivity contribution in [2.45, 2.75) is 38.1 Å². The molecule has 2 heterocycles. The van der Waals surface area contributed by atoms with E-state index in [1.54, 1.807) is 24.4 Å². The van der Waals surface area contributed by atoms with Gasteiger partial charge in [0.1, 0.15) is 11.6 Å². The van der Waals surface area contributed by atoms with Crippen LogP contribution in [-0.2, 0) is 0 Å². The first-order chi connectivity index (χ1) is 13.6. The smallest absolute Gasteiger partial charge is 0.222 e. The van der Waals surface area contributed by atoms with Crippen molar-refractivity contribution in [2.75, 3.05) is 16.8 Å². The van der Waals surface area contributed by atoms with Gasteiger partial charge in [-0.15, -0.1) is 0 Å². The number of nitrogens with one attached hydrogen (secondary N) is 1. The molecule has 1 aliphatic carbocycles. The van der Waals surface area contributed by atoms with Crippen LogP contribution in [0.5, 0.6) is 5.75 Å². The van der Waals surface area contributed by atoms with E-state index in [9.17, 15) is 5.11 Å². The maximum absolute atomic E-state index is 10.4. The van der Waals surface area contributed by atoms with Gasteiger partial charge in [-0.05, 0) is 37.1 Å². The summed E-state index contributed by atoms with van der Waals surface area (Å²) in [5.74, 6) is 1.13. The number of hydrogen-bond donors (Lipinski definition) is 4. The molecule has 0 radical (unpaired) electrons. The Morgan fingerprint density at radius 1 is 0.893 bits per heavy atom. The lowest BCUT2D eigenvalue weighted by atomic mass is 9.95. The lowest BCUT2D eigenvalue weighted by molar-refractivity contribution is 0.462. The molecule has 3 aromatic rings. The van der Waals surface area contributed by atoms with Crippen LogP contribution < -0.4 is 16.8 Å². The van der Waals surface area contributed by atoms with Crippen LogP contribution in [0.4, 0.5) is 17.7 Å². The highest BCUT2D eigenvalue weighted by atomic mass is 16.3. The second-order valence-electron chi connectivity index (χ2n) is 7.01. The summed E-state index contributed by atoms with van der Waals surface area (Å²) in [6.45, 7) is 0. The molecule has 1 aromatic carbocycles. The first kappa shape index (κ1) is 18.0. The van der Waals surface area contributed by atoms with Crippen molar-refractivity contribution >= 4 is 17.7 Å². The molecule has 8 heteroatoms. The number of anilines is 3. The maximum atomic E-state index is 10.4. The molecule has 0 spiro atoms. The maximum Gasteiger partial charge on any atom is 0.222 e. The van der Waals surface area contributed by atoms with Gasteiger partial charge in [0.2, 0.25) is 11.9 Å². The van der Waals surface area contributed by atoms with Crippen molar-refractivity contribution in [3.8, 4) is 28.3 Å². The van der Waals surface area contributed by atoms with Gasteiger partial charge in [-0.3, -0.25) is 0 Å². The highest BCUT2D eigenvalue weighted by molar-refractivity contribution is 5.76. The molecule has 144 valence electrons. The Balaban J connectivity index is 1.69. The van der Waals surface area contributed by atoms with Crippen LogP contribution in [0.3, 0.4) is 0 Å². The zero-order valence-corrected chi connectivity index (χ0v) is 15.5. The van der Waals surface area contributed by atoms with E-state index in [0.29, 0.717) is 28.8 Å². The number of rotatable bonds is 4. The van der Waals surface area contributed by atoms with E-state index in [0.717, 1.165) is 18.4 Å². The van der Waals surface area contributed by atoms with Gasteiger partial charge in [-0.2, -0.15) is 4.98 Å². The molecule has 28 heavy (non-hydrogen) atoms. The number of phenols is 1. The van der Waals surface area contributed by atoms with Crippen molar-refractivity contribution in [3.63, 3.8) is 0 Å². The summed E-state index contributed by atoms with van der Waals surface area (Å²) in [6.07, 6.45) is 7.55. The van der Waals surface area contributed by atoms with E-state index in [1.807, 2.05) is 12.1 Å². The summed E-state index contributed by atoms with van der Waals surface area (Å²) >= 11 is 0. The summed E-state index contributed by atoms with van der Waals surface area (Å²) < 4.78 is 0. The summed E-state index contributed by atoms with van der Waals surface area (Å²) in [6, 6.07) is 9.15. The Labute approximate surface area is 163 Å². The first-order valence-electron chi connectivity index (χ1n) is 9.42. The zero-order valence-electron chi connectivity index (χ0n) is 15.5. The van der Waals surface area contributed by atoms with E-state index >= 15 is 0 Å². The minimum absolute atomic E-state index is 0.104. The Morgan fingerprint density at radius 3 is 2.46 bits per heavy atom. The highest BCUT2D eigenvalue weighted by Crippen LogP contribution is 2.33. The molecule has 1 aliphatic rings. The number of nitrogens with zero attached hydrogens (tertiary/aromatic N) is 4. The second kappa shape index (κ2) is 7.67. The van der Waals surface area contributed by atoms with E-state index < -0.39 is 0 Å². The summed E-state index contributed by atoms with van der Waals surface area (Å²) in [7, 11) is 0. The number of nitrogens with two attached hydrogens (primary N) is 2.